The summed E-state index contributed by atoms with van der Waals surface area (Å²) >= 11 is 0. The molecule has 2 aromatic rings. The fraction of sp³-hybridized carbons (Fsp3) is 0.167. The van der Waals surface area contributed by atoms with Crippen LogP contribution in [0.1, 0.15) is 16.2 Å². The van der Waals surface area contributed by atoms with Gasteiger partial charge in [-0.25, -0.2) is 4.98 Å². The molecular weight excluding hydrogens is 230 g/mol. The van der Waals surface area contributed by atoms with Crippen LogP contribution in [-0.4, -0.2) is 27.9 Å². The number of hydrogen-bond donors (Lipinski definition) is 2. The van der Waals surface area contributed by atoms with E-state index in [9.17, 15) is 4.79 Å². The fourth-order valence-corrected chi connectivity index (χ4v) is 1.36. The van der Waals surface area contributed by atoms with Crippen LogP contribution in [0.4, 0.5) is 5.82 Å². The molecule has 0 radical (unpaired) electrons. The Morgan fingerprint density at radius 2 is 2.22 bits per heavy atom. The minimum Gasteiger partial charge on any atom is -0.372 e. The Morgan fingerprint density at radius 1 is 1.33 bits per heavy atom. The number of anilines is 1. The van der Waals surface area contributed by atoms with Gasteiger partial charge in [0.2, 0.25) is 0 Å². The second-order valence-corrected chi connectivity index (χ2v) is 3.54. The second kappa shape index (κ2) is 5.72. The summed E-state index contributed by atoms with van der Waals surface area (Å²) in [5.74, 6) is 0.283. The summed E-state index contributed by atoms with van der Waals surface area (Å²) in [6, 6.07) is 5.54. The number of nitrogens with zero attached hydrogens (tertiary/aromatic N) is 3. The van der Waals surface area contributed by atoms with Gasteiger partial charge in [-0.15, -0.1) is 0 Å². The predicted octanol–water partition coefficient (Wildman–Crippen LogP) is 0.843. The summed E-state index contributed by atoms with van der Waals surface area (Å²) in [6.45, 7) is 0.366. The topological polar surface area (TPSA) is 79.8 Å². The predicted molar refractivity (Wildman–Crippen MR) is 67.0 cm³/mol. The summed E-state index contributed by atoms with van der Waals surface area (Å²) in [7, 11) is 1.72. The maximum absolute atomic E-state index is 11.8. The highest BCUT2D eigenvalue weighted by Gasteiger charge is 2.08. The number of aromatic nitrogens is 3. The minimum absolute atomic E-state index is 0.273. The smallest absolute Gasteiger partial charge is 0.271 e. The molecule has 6 heteroatoms. The number of rotatable bonds is 4. The first-order valence-corrected chi connectivity index (χ1v) is 5.47. The van der Waals surface area contributed by atoms with Crippen LogP contribution in [0, 0.1) is 0 Å². The SMILES string of the molecule is CNc1cncc(C(=O)NCc2ccccn2)n1. The van der Waals surface area contributed by atoms with Gasteiger partial charge in [0.25, 0.3) is 5.91 Å². The molecule has 0 fully saturated rings. The Hall–Kier alpha value is -2.50. The van der Waals surface area contributed by atoms with Crippen molar-refractivity contribution in [3.8, 4) is 0 Å². The standard InChI is InChI=1S/C12H13N5O/c1-13-11-8-14-7-10(17-11)12(18)16-6-9-4-2-3-5-15-9/h2-5,7-8H,6H2,1H3,(H,13,17)(H,16,18). The molecule has 0 atom stereocenters. The lowest BCUT2D eigenvalue weighted by Gasteiger charge is -2.05. The zero-order chi connectivity index (χ0) is 12.8. The summed E-state index contributed by atoms with van der Waals surface area (Å²) < 4.78 is 0. The molecule has 0 aromatic carbocycles. The van der Waals surface area contributed by atoms with Crippen molar-refractivity contribution in [1.82, 2.24) is 20.3 Å². The molecule has 2 N–H and O–H groups in total. The zero-order valence-corrected chi connectivity index (χ0v) is 9.92. The Bertz CT molecular complexity index is 529. The average molecular weight is 243 g/mol. The molecule has 0 unspecified atom stereocenters. The van der Waals surface area contributed by atoms with Gasteiger partial charge in [-0.2, -0.15) is 0 Å². The van der Waals surface area contributed by atoms with Gasteiger partial charge in [-0.05, 0) is 12.1 Å². The maximum atomic E-state index is 11.8. The minimum atomic E-state index is -0.273. The molecule has 18 heavy (non-hydrogen) atoms. The first-order chi connectivity index (χ1) is 8.79. The van der Waals surface area contributed by atoms with E-state index >= 15 is 0 Å². The van der Waals surface area contributed by atoms with E-state index in [2.05, 4.69) is 25.6 Å². The highest BCUT2D eigenvalue weighted by atomic mass is 16.1. The number of pyridine rings is 1. The van der Waals surface area contributed by atoms with Gasteiger partial charge in [0, 0.05) is 13.2 Å². The Balaban J connectivity index is 1.99. The normalized spacial score (nSPS) is 9.83. The summed E-state index contributed by atoms with van der Waals surface area (Å²) in [5.41, 5.74) is 1.07. The molecule has 1 amide bonds. The van der Waals surface area contributed by atoms with E-state index in [1.54, 1.807) is 19.4 Å². The van der Waals surface area contributed by atoms with E-state index in [-0.39, 0.29) is 11.6 Å². The van der Waals surface area contributed by atoms with Crippen LogP contribution in [-0.2, 0) is 6.54 Å². The van der Waals surface area contributed by atoms with Gasteiger partial charge in [-0.1, -0.05) is 6.07 Å². The number of carbonyl (C=O) groups excluding carboxylic acids is 1. The highest BCUT2D eigenvalue weighted by molar-refractivity contribution is 5.92. The summed E-state index contributed by atoms with van der Waals surface area (Å²) in [6.07, 6.45) is 4.66. The number of amides is 1. The molecule has 92 valence electrons. The van der Waals surface area contributed by atoms with Crippen molar-refractivity contribution in [3.05, 3.63) is 48.2 Å². The van der Waals surface area contributed by atoms with Crippen LogP contribution >= 0.6 is 0 Å². The molecular formula is C12H13N5O. The van der Waals surface area contributed by atoms with Gasteiger partial charge in [0.15, 0.2) is 0 Å². The van der Waals surface area contributed by atoms with Crippen LogP contribution in [0.15, 0.2) is 36.8 Å². The molecule has 2 heterocycles. The molecule has 0 aliphatic rings. The molecule has 0 aliphatic heterocycles. The van der Waals surface area contributed by atoms with Crippen molar-refractivity contribution in [1.29, 1.82) is 0 Å². The van der Waals surface area contributed by atoms with E-state index in [4.69, 9.17) is 0 Å². The van der Waals surface area contributed by atoms with E-state index in [1.807, 2.05) is 18.2 Å². The average Bonchev–Trinajstić information content (AvgIpc) is 2.46. The summed E-state index contributed by atoms with van der Waals surface area (Å²) in [4.78, 5) is 24.0. The van der Waals surface area contributed by atoms with Gasteiger partial charge >= 0.3 is 0 Å². The Kier molecular flexibility index (Phi) is 3.80. The molecule has 0 bridgehead atoms. The van der Waals surface area contributed by atoms with Crippen molar-refractivity contribution in [2.24, 2.45) is 0 Å². The lowest BCUT2D eigenvalue weighted by Crippen LogP contribution is -2.24. The molecule has 6 nitrogen and oxygen atoms in total. The molecule has 0 saturated carbocycles. The van der Waals surface area contributed by atoms with Crippen molar-refractivity contribution in [2.75, 3.05) is 12.4 Å². The van der Waals surface area contributed by atoms with Crippen molar-refractivity contribution >= 4 is 11.7 Å². The van der Waals surface area contributed by atoms with Gasteiger partial charge in [0.1, 0.15) is 11.5 Å². The molecule has 0 saturated heterocycles. The largest absolute Gasteiger partial charge is 0.372 e. The van der Waals surface area contributed by atoms with Crippen LogP contribution in [0.3, 0.4) is 0 Å². The monoisotopic (exact) mass is 243 g/mol. The number of hydrogen-bond acceptors (Lipinski definition) is 5. The number of nitrogens with one attached hydrogen (secondary N) is 2. The molecule has 2 aromatic heterocycles. The highest BCUT2D eigenvalue weighted by Crippen LogP contribution is 2.01. The van der Waals surface area contributed by atoms with Gasteiger partial charge in [0.05, 0.1) is 24.6 Å². The van der Waals surface area contributed by atoms with Gasteiger partial charge < -0.3 is 10.6 Å². The van der Waals surface area contributed by atoms with Crippen LogP contribution in [0.5, 0.6) is 0 Å². The first-order valence-electron chi connectivity index (χ1n) is 5.47. The first kappa shape index (κ1) is 12.0. The van der Waals surface area contributed by atoms with E-state index < -0.39 is 0 Å². The van der Waals surface area contributed by atoms with E-state index in [1.165, 1.54) is 6.20 Å². The van der Waals surface area contributed by atoms with Gasteiger partial charge in [-0.3, -0.25) is 14.8 Å². The van der Waals surface area contributed by atoms with Crippen LogP contribution in [0.2, 0.25) is 0 Å². The summed E-state index contributed by atoms with van der Waals surface area (Å²) in [5, 5.41) is 5.56. The Labute approximate surface area is 105 Å². The van der Waals surface area contributed by atoms with Crippen LogP contribution in [0.25, 0.3) is 0 Å². The van der Waals surface area contributed by atoms with Crippen LogP contribution < -0.4 is 10.6 Å². The lowest BCUT2D eigenvalue weighted by atomic mass is 10.3. The zero-order valence-electron chi connectivity index (χ0n) is 9.92. The molecule has 0 aliphatic carbocycles. The third-order valence-electron chi connectivity index (χ3n) is 2.28. The maximum Gasteiger partial charge on any atom is 0.271 e. The third kappa shape index (κ3) is 3.00. The molecule has 2 rings (SSSR count). The quantitative estimate of drug-likeness (QED) is 0.832. The molecule has 0 spiro atoms. The fourth-order valence-electron chi connectivity index (χ4n) is 1.36. The third-order valence-corrected chi connectivity index (χ3v) is 2.28. The second-order valence-electron chi connectivity index (χ2n) is 3.54. The van der Waals surface area contributed by atoms with E-state index in [0.29, 0.717) is 12.4 Å². The van der Waals surface area contributed by atoms with Crippen molar-refractivity contribution in [2.45, 2.75) is 6.54 Å². The lowest BCUT2D eigenvalue weighted by molar-refractivity contribution is 0.0945. The van der Waals surface area contributed by atoms with Crippen molar-refractivity contribution in [3.63, 3.8) is 0 Å². The van der Waals surface area contributed by atoms with E-state index in [0.717, 1.165) is 5.69 Å². The Morgan fingerprint density at radius 3 is 2.94 bits per heavy atom. The number of carbonyl (C=O) groups is 1. The van der Waals surface area contributed by atoms with Crippen molar-refractivity contribution < 1.29 is 4.79 Å².